The standard InChI is InChI=1S/C9H9N3O/c1-7(13)6-8-10-9-4-2-3-5-12(9)11-8/h2-5H,6H2,1H3. The fourth-order valence-corrected chi connectivity index (χ4v) is 1.18. The highest BCUT2D eigenvalue weighted by Gasteiger charge is 2.04. The lowest BCUT2D eigenvalue weighted by Gasteiger charge is -1.85. The van der Waals surface area contributed by atoms with Crippen molar-refractivity contribution in [2.75, 3.05) is 0 Å². The van der Waals surface area contributed by atoms with Crippen molar-refractivity contribution < 1.29 is 4.79 Å². The number of hydrogen-bond donors (Lipinski definition) is 0. The van der Waals surface area contributed by atoms with Gasteiger partial charge < -0.3 is 0 Å². The first-order valence-corrected chi connectivity index (χ1v) is 4.05. The molecule has 0 N–H and O–H groups in total. The third-order valence-corrected chi connectivity index (χ3v) is 1.69. The van der Waals surface area contributed by atoms with Gasteiger partial charge in [-0.2, -0.15) is 5.10 Å². The van der Waals surface area contributed by atoms with E-state index in [4.69, 9.17) is 0 Å². The minimum absolute atomic E-state index is 0.0795. The summed E-state index contributed by atoms with van der Waals surface area (Å²) in [6.07, 6.45) is 2.12. The number of hydrogen-bond acceptors (Lipinski definition) is 3. The van der Waals surface area contributed by atoms with E-state index in [0.29, 0.717) is 12.2 Å². The van der Waals surface area contributed by atoms with Gasteiger partial charge in [-0.15, -0.1) is 0 Å². The van der Waals surface area contributed by atoms with Gasteiger partial charge in [0.15, 0.2) is 11.5 Å². The summed E-state index contributed by atoms with van der Waals surface area (Å²) in [7, 11) is 0. The molecule has 0 atom stereocenters. The minimum atomic E-state index is 0.0795. The Morgan fingerprint density at radius 3 is 3.08 bits per heavy atom. The van der Waals surface area contributed by atoms with Crippen LogP contribution in [0.5, 0.6) is 0 Å². The van der Waals surface area contributed by atoms with Crippen LogP contribution in [-0.2, 0) is 11.2 Å². The second kappa shape index (κ2) is 2.97. The van der Waals surface area contributed by atoms with Crippen molar-refractivity contribution in [1.29, 1.82) is 0 Å². The van der Waals surface area contributed by atoms with Gasteiger partial charge in [0.25, 0.3) is 0 Å². The number of nitrogens with zero attached hydrogens (tertiary/aromatic N) is 3. The van der Waals surface area contributed by atoms with Crippen LogP contribution in [0, 0.1) is 0 Å². The zero-order valence-electron chi connectivity index (χ0n) is 7.27. The van der Waals surface area contributed by atoms with Gasteiger partial charge in [0.2, 0.25) is 0 Å². The highest BCUT2D eigenvalue weighted by atomic mass is 16.1. The number of ketones is 1. The van der Waals surface area contributed by atoms with E-state index in [1.807, 2.05) is 24.4 Å². The maximum Gasteiger partial charge on any atom is 0.159 e. The van der Waals surface area contributed by atoms with E-state index in [9.17, 15) is 4.79 Å². The summed E-state index contributed by atoms with van der Waals surface area (Å²) in [5.41, 5.74) is 0.777. The number of aromatic nitrogens is 3. The van der Waals surface area contributed by atoms with Crippen LogP contribution >= 0.6 is 0 Å². The Labute approximate surface area is 75.2 Å². The average molecular weight is 175 g/mol. The summed E-state index contributed by atoms with van der Waals surface area (Å²) < 4.78 is 1.66. The van der Waals surface area contributed by atoms with E-state index < -0.39 is 0 Å². The molecule has 0 unspecified atom stereocenters. The molecule has 0 aromatic carbocycles. The molecule has 66 valence electrons. The SMILES string of the molecule is CC(=O)Cc1nc2ccccn2n1. The van der Waals surface area contributed by atoms with Crippen molar-refractivity contribution in [3.05, 3.63) is 30.2 Å². The Kier molecular flexibility index (Phi) is 1.81. The first-order chi connectivity index (χ1) is 6.25. The summed E-state index contributed by atoms with van der Waals surface area (Å²) in [6.45, 7) is 1.53. The predicted octanol–water partition coefficient (Wildman–Crippen LogP) is 0.861. The lowest BCUT2D eigenvalue weighted by molar-refractivity contribution is -0.116. The molecule has 2 aromatic rings. The van der Waals surface area contributed by atoms with Crippen LogP contribution in [0.1, 0.15) is 12.7 Å². The quantitative estimate of drug-likeness (QED) is 0.680. The summed E-state index contributed by atoms with van der Waals surface area (Å²) >= 11 is 0. The summed E-state index contributed by atoms with van der Waals surface area (Å²) in [6, 6.07) is 5.62. The van der Waals surface area contributed by atoms with Crippen LogP contribution < -0.4 is 0 Å². The molecule has 13 heavy (non-hydrogen) atoms. The maximum atomic E-state index is 10.8. The van der Waals surface area contributed by atoms with Crippen molar-refractivity contribution in [3.63, 3.8) is 0 Å². The first kappa shape index (κ1) is 7.91. The summed E-state index contributed by atoms with van der Waals surface area (Å²) in [5, 5.41) is 4.14. The molecule has 0 spiro atoms. The Morgan fingerprint density at radius 2 is 2.38 bits per heavy atom. The van der Waals surface area contributed by atoms with E-state index in [1.54, 1.807) is 4.52 Å². The molecule has 0 aliphatic heterocycles. The number of carbonyl (C=O) groups excluding carboxylic acids is 1. The number of carbonyl (C=O) groups is 1. The van der Waals surface area contributed by atoms with Crippen molar-refractivity contribution >= 4 is 11.4 Å². The van der Waals surface area contributed by atoms with Gasteiger partial charge in [0.05, 0.1) is 6.42 Å². The van der Waals surface area contributed by atoms with Gasteiger partial charge in [-0.1, -0.05) is 6.07 Å². The molecule has 2 aromatic heterocycles. The van der Waals surface area contributed by atoms with Crippen LogP contribution in [0.4, 0.5) is 0 Å². The van der Waals surface area contributed by atoms with E-state index >= 15 is 0 Å². The van der Waals surface area contributed by atoms with Crippen molar-refractivity contribution in [2.24, 2.45) is 0 Å². The molecule has 2 rings (SSSR count). The molecule has 0 bridgehead atoms. The molecule has 0 aliphatic carbocycles. The highest BCUT2D eigenvalue weighted by molar-refractivity contribution is 5.77. The van der Waals surface area contributed by atoms with Gasteiger partial charge >= 0.3 is 0 Å². The monoisotopic (exact) mass is 175 g/mol. The van der Waals surface area contributed by atoms with Crippen molar-refractivity contribution in [2.45, 2.75) is 13.3 Å². The molecule has 2 heterocycles. The highest BCUT2D eigenvalue weighted by Crippen LogP contribution is 2.00. The van der Waals surface area contributed by atoms with Crippen LogP contribution in [0.2, 0.25) is 0 Å². The number of rotatable bonds is 2. The van der Waals surface area contributed by atoms with Gasteiger partial charge in [-0.05, 0) is 19.1 Å². The molecule has 0 fully saturated rings. The zero-order valence-corrected chi connectivity index (χ0v) is 7.27. The van der Waals surface area contributed by atoms with Crippen molar-refractivity contribution in [1.82, 2.24) is 14.6 Å². The van der Waals surface area contributed by atoms with E-state index in [-0.39, 0.29) is 5.78 Å². The Balaban J connectivity index is 2.44. The molecule has 4 nitrogen and oxygen atoms in total. The second-order valence-electron chi connectivity index (χ2n) is 2.91. The van der Waals surface area contributed by atoms with Crippen LogP contribution in [0.3, 0.4) is 0 Å². The van der Waals surface area contributed by atoms with E-state index in [1.165, 1.54) is 6.92 Å². The molecule has 0 radical (unpaired) electrons. The van der Waals surface area contributed by atoms with E-state index in [2.05, 4.69) is 10.1 Å². The Morgan fingerprint density at radius 1 is 1.54 bits per heavy atom. The molecule has 0 saturated carbocycles. The Hall–Kier alpha value is -1.71. The topological polar surface area (TPSA) is 47.3 Å². The van der Waals surface area contributed by atoms with Gasteiger partial charge in [-0.3, -0.25) is 4.79 Å². The molecule has 0 aliphatic rings. The predicted molar refractivity (Wildman–Crippen MR) is 47.4 cm³/mol. The largest absolute Gasteiger partial charge is 0.300 e. The molecule has 4 heteroatoms. The van der Waals surface area contributed by atoms with Crippen molar-refractivity contribution in [3.8, 4) is 0 Å². The molecule has 0 saturated heterocycles. The maximum absolute atomic E-state index is 10.8. The van der Waals surface area contributed by atoms with Gasteiger partial charge in [0, 0.05) is 6.20 Å². The average Bonchev–Trinajstić information content (AvgIpc) is 2.44. The van der Waals surface area contributed by atoms with Crippen LogP contribution in [-0.4, -0.2) is 20.4 Å². The Bertz CT molecular complexity index is 414. The van der Waals surface area contributed by atoms with E-state index in [0.717, 1.165) is 5.65 Å². The van der Waals surface area contributed by atoms with Crippen LogP contribution in [0.25, 0.3) is 5.65 Å². The first-order valence-electron chi connectivity index (χ1n) is 4.05. The second-order valence-corrected chi connectivity index (χ2v) is 2.91. The number of pyridine rings is 1. The fourth-order valence-electron chi connectivity index (χ4n) is 1.18. The summed E-state index contributed by atoms with van der Waals surface area (Å²) in [4.78, 5) is 15.0. The lowest BCUT2D eigenvalue weighted by Crippen LogP contribution is -1.98. The van der Waals surface area contributed by atoms with Crippen LogP contribution in [0.15, 0.2) is 24.4 Å². The number of fused-ring (bicyclic) bond motifs is 1. The smallest absolute Gasteiger partial charge is 0.159 e. The third kappa shape index (κ3) is 1.56. The zero-order chi connectivity index (χ0) is 9.26. The third-order valence-electron chi connectivity index (χ3n) is 1.69. The lowest BCUT2D eigenvalue weighted by atomic mass is 10.3. The molecular formula is C9H9N3O. The van der Waals surface area contributed by atoms with Gasteiger partial charge in [-0.25, -0.2) is 9.50 Å². The minimum Gasteiger partial charge on any atom is -0.300 e. The fraction of sp³-hybridized carbons (Fsp3) is 0.222. The molecule has 0 amide bonds. The van der Waals surface area contributed by atoms with Gasteiger partial charge in [0.1, 0.15) is 5.78 Å². The number of Topliss-reactive ketones (excluding diaryl/α,β-unsaturated/α-hetero) is 1. The normalized spacial score (nSPS) is 10.5. The molecular weight excluding hydrogens is 166 g/mol. The summed E-state index contributed by atoms with van der Waals surface area (Å²) in [5.74, 6) is 0.662.